The van der Waals surface area contributed by atoms with Crippen molar-refractivity contribution in [3.63, 3.8) is 0 Å². The Morgan fingerprint density at radius 2 is 2.07 bits per heavy atom. The van der Waals surface area contributed by atoms with Gasteiger partial charge in [0.25, 0.3) is 5.91 Å². The van der Waals surface area contributed by atoms with Crippen LogP contribution in [0.4, 0.5) is 0 Å². The summed E-state index contributed by atoms with van der Waals surface area (Å²) >= 11 is 6.47. The molecule has 2 aromatic rings. The monoisotopic (exact) mass is 408 g/mol. The fourth-order valence-corrected chi connectivity index (χ4v) is 4.68. The summed E-state index contributed by atoms with van der Waals surface area (Å²) in [6, 6.07) is 11.8. The standard InChI is InChI=1S/C23H25ClN4O/c1-23(2,3)21-6-4-5-18(26-21)14-7-9-16(17(24)11-14)22(29)27-19-12-15-8-10-20(19)28(15)13-25/h4-7,9,11,15,19-20H,8,10,12H2,1-3H3,(H,27,29)/t15-,19+,20+/m0/s1. The highest BCUT2D eigenvalue weighted by Crippen LogP contribution is 2.37. The van der Waals surface area contributed by atoms with Crippen molar-refractivity contribution in [3.05, 3.63) is 52.7 Å². The highest BCUT2D eigenvalue weighted by atomic mass is 35.5. The van der Waals surface area contributed by atoms with Crippen LogP contribution in [-0.2, 0) is 5.41 Å². The zero-order chi connectivity index (χ0) is 20.8. The van der Waals surface area contributed by atoms with Crippen molar-refractivity contribution in [2.75, 3.05) is 0 Å². The third kappa shape index (κ3) is 3.70. The van der Waals surface area contributed by atoms with Gasteiger partial charge < -0.3 is 10.2 Å². The summed E-state index contributed by atoms with van der Waals surface area (Å²) in [4.78, 5) is 19.4. The van der Waals surface area contributed by atoms with E-state index in [1.807, 2.05) is 29.2 Å². The Balaban J connectivity index is 1.52. The number of benzene rings is 1. The van der Waals surface area contributed by atoms with Crippen molar-refractivity contribution in [2.24, 2.45) is 0 Å². The fraction of sp³-hybridized carbons (Fsp3) is 0.435. The number of aromatic nitrogens is 1. The number of carbonyl (C=O) groups excluding carboxylic acids is 1. The van der Waals surface area contributed by atoms with Crippen LogP contribution in [0.1, 0.15) is 56.1 Å². The maximum absolute atomic E-state index is 12.8. The number of nitrogens with one attached hydrogen (secondary N) is 1. The summed E-state index contributed by atoms with van der Waals surface area (Å²) in [6.45, 7) is 6.38. The van der Waals surface area contributed by atoms with E-state index in [2.05, 4.69) is 32.3 Å². The van der Waals surface area contributed by atoms with Crippen molar-refractivity contribution in [1.82, 2.24) is 15.2 Å². The van der Waals surface area contributed by atoms with Gasteiger partial charge in [0.2, 0.25) is 0 Å². The van der Waals surface area contributed by atoms with Crippen LogP contribution in [0.15, 0.2) is 36.4 Å². The van der Waals surface area contributed by atoms with Gasteiger partial charge in [0.15, 0.2) is 6.19 Å². The van der Waals surface area contributed by atoms with Crippen LogP contribution in [0, 0.1) is 11.5 Å². The van der Waals surface area contributed by atoms with Crippen molar-refractivity contribution in [2.45, 2.75) is 63.6 Å². The minimum atomic E-state index is -0.187. The van der Waals surface area contributed by atoms with Crippen LogP contribution in [0.5, 0.6) is 0 Å². The second-order valence-corrected chi connectivity index (χ2v) is 9.38. The zero-order valence-electron chi connectivity index (χ0n) is 16.9. The Hall–Kier alpha value is -2.58. The summed E-state index contributed by atoms with van der Waals surface area (Å²) in [5.74, 6) is -0.187. The quantitative estimate of drug-likeness (QED) is 0.758. The van der Waals surface area contributed by atoms with Gasteiger partial charge in [-0.15, -0.1) is 0 Å². The van der Waals surface area contributed by atoms with E-state index in [0.29, 0.717) is 10.6 Å². The lowest BCUT2D eigenvalue weighted by Gasteiger charge is -2.22. The predicted molar refractivity (Wildman–Crippen MR) is 114 cm³/mol. The number of nitrogens with zero attached hydrogens (tertiary/aromatic N) is 3. The average molecular weight is 409 g/mol. The van der Waals surface area contributed by atoms with E-state index < -0.39 is 0 Å². The lowest BCUT2D eigenvalue weighted by molar-refractivity contribution is 0.0928. The summed E-state index contributed by atoms with van der Waals surface area (Å²) in [7, 11) is 0. The highest BCUT2D eigenvalue weighted by molar-refractivity contribution is 6.34. The van der Waals surface area contributed by atoms with Gasteiger partial charge in [-0.1, -0.05) is 44.5 Å². The number of carbonyl (C=O) groups is 1. The first kappa shape index (κ1) is 19.7. The SMILES string of the molecule is CC(C)(C)c1cccc(-c2ccc(C(=O)N[C@@H]3C[C@@H]4CC[C@H]3N4C#N)c(Cl)c2)n1. The molecule has 2 saturated heterocycles. The van der Waals surface area contributed by atoms with Gasteiger partial charge in [0.05, 0.1) is 28.4 Å². The number of halogens is 1. The average Bonchev–Trinajstić information content (AvgIpc) is 3.23. The van der Waals surface area contributed by atoms with Gasteiger partial charge >= 0.3 is 0 Å². The lowest BCUT2D eigenvalue weighted by atomic mass is 9.91. The number of fused-ring (bicyclic) bond motifs is 2. The van der Waals surface area contributed by atoms with Gasteiger partial charge in [-0.3, -0.25) is 9.78 Å². The molecule has 150 valence electrons. The number of hydrogen-bond acceptors (Lipinski definition) is 4. The number of hydrogen-bond donors (Lipinski definition) is 1. The summed E-state index contributed by atoms with van der Waals surface area (Å²) < 4.78 is 0. The molecule has 2 fully saturated rings. The molecule has 2 bridgehead atoms. The molecule has 2 aliphatic heterocycles. The molecular weight excluding hydrogens is 384 g/mol. The molecule has 0 saturated carbocycles. The second-order valence-electron chi connectivity index (χ2n) is 8.97. The fourth-order valence-electron chi connectivity index (χ4n) is 4.42. The molecule has 6 heteroatoms. The molecule has 29 heavy (non-hydrogen) atoms. The maximum atomic E-state index is 12.8. The molecule has 1 amide bonds. The van der Waals surface area contributed by atoms with Crippen LogP contribution in [0.3, 0.4) is 0 Å². The number of rotatable bonds is 3. The van der Waals surface area contributed by atoms with Crippen LogP contribution in [0.2, 0.25) is 5.02 Å². The van der Waals surface area contributed by atoms with Gasteiger partial charge in [0.1, 0.15) is 0 Å². The second kappa shape index (κ2) is 7.35. The first-order valence-corrected chi connectivity index (χ1v) is 10.4. The molecule has 4 rings (SSSR count). The van der Waals surface area contributed by atoms with E-state index in [-0.39, 0.29) is 29.4 Å². The van der Waals surface area contributed by atoms with Gasteiger partial charge in [-0.2, -0.15) is 5.26 Å². The van der Waals surface area contributed by atoms with Crippen molar-refractivity contribution in [3.8, 4) is 17.5 Å². The minimum absolute atomic E-state index is 0.00165. The molecule has 5 nitrogen and oxygen atoms in total. The Morgan fingerprint density at radius 1 is 1.28 bits per heavy atom. The summed E-state index contributed by atoms with van der Waals surface area (Å²) in [5.41, 5.74) is 3.13. The van der Waals surface area contributed by atoms with Crippen LogP contribution >= 0.6 is 11.6 Å². The molecule has 1 aromatic heterocycles. The van der Waals surface area contributed by atoms with Crippen LogP contribution in [-0.4, -0.2) is 33.9 Å². The van der Waals surface area contributed by atoms with Crippen LogP contribution in [0.25, 0.3) is 11.3 Å². The summed E-state index contributed by atoms with van der Waals surface area (Å²) in [5, 5.41) is 12.8. The molecule has 1 aromatic carbocycles. The Morgan fingerprint density at radius 3 is 2.72 bits per heavy atom. The molecule has 0 spiro atoms. The van der Waals surface area contributed by atoms with Gasteiger partial charge in [-0.25, -0.2) is 0 Å². The van der Waals surface area contributed by atoms with Crippen molar-refractivity contribution in [1.29, 1.82) is 5.26 Å². The molecule has 0 radical (unpaired) electrons. The van der Waals surface area contributed by atoms with Crippen molar-refractivity contribution < 1.29 is 4.79 Å². The largest absolute Gasteiger partial charge is 0.347 e. The number of nitriles is 1. The molecule has 2 aliphatic rings. The maximum Gasteiger partial charge on any atom is 0.253 e. The van der Waals surface area contributed by atoms with E-state index in [4.69, 9.17) is 16.6 Å². The Kier molecular flexibility index (Phi) is 5.00. The molecule has 1 N–H and O–H groups in total. The smallest absolute Gasteiger partial charge is 0.253 e. The zero-order valence-corrected chi connectivity index (χ0v) is 17.7. The van der Waals surface area contributed by atoms with Crippen LogP contribution < -0.4 is 5.32 Å². The topological polar surface area (TPSA) is 69.0 Å². The highest BCUT2D eigenvalue weighted by Gasteiger charge is 2.46. The van der Waals surface area contributed by atoms with Crippen molar-refractivity contribution >= 4 is 17.5 Å². The summed E-state index contributed by atoms with van der Waals surface area (Å²) in [6.07, 6.45) is 5.07. The van der Waals surface area contributed by atoms with E-state index in [1.54, 1.807) is 12.1 Å². The number of pyridine rings is 1. The molecular formula is C23H25ClN4O. The molecule has 3 atom stereocenters. The molecule has 0 unspecified atom stereocenters. The number of amides is 1. The Labute approximate surface area is 176 Å². The predicted octanol–water partition coefficient (Wildman–Crippen LogP) is 4.52. The first-order valence-electron chi connectivity index (χ1n) is 10.0. The normalized spacial score (nSPS) is 23.1. The van der Waals surface area contributed by atoms with Gasteiger partial charge in [0, 0.05) is 22.7 Å². The third-order valence-corrected chi connectivity index (χ3v) is 6.31. The van der Waals surface area contributed by atoms with E-state index in [1.165, 1.54) is 0 Å². The molecule has 3 heterocycles. The van der Waals surface area contributed by atoms with E-state index in [0.717, 1.165) is 36.2 Å². The van der Waals surface area contributed by atoms with E-state index in [9.17, 15) is 10.1 Å². The van der Waals surface area contributed by atoms with E-state index >= 15 is 0 Å². The lowest BCUT2D eigenvalue weighted by Crippen LogP contribution is -2.43. The first-order chi connectivity index (χ1) is 13.8. The molecule has 0 aliphatic carbocycles. The Bertz CT molecular complexity index is 991. The third-order valence-electron chi connectivity index (χ3n) is 6.00. The van der Waals surface area contributed by atoms with Gasteiger partial charge in [-0.05, 0) is 43.5 Å². The minimum Gasteiger partial charge on any atom is -0.347 e.